The van der Waals surface area contributed by atoms with Crippen molar-refractivity contribution >= 4 is 19.9 Å². The molecule has 0 amide bonds. The van der Waals surface area contributed by atoms with E-state index in [2.05, 4.69) is 0 Å². The zero-order valence-corrected chi connectivity index (χ0v) is 13.5. The average Bonchev–Trinajstić information content (AvgIpc) is 2.87. The Labute approximate surface area is 128 Å². The van der Waals surface area contributed by atoms with Crippen LogP contribution in [0.3, 0.4) is 0 Å². The Hall–Kier alpha value is -1.71. The van der Waals surface area contributed by atoms with Crippen LogP contribution in [0.2, 0.25) is 0 Å². The summed E-state index contributed by atoms with van der Waals surface area (Å²) in [5.74, 6) is -1.57. The highest BCUT2D eigenvalue weighted by Crippen LogP contribution is 2.23. The molecule has 0 fully saturated rings. The summed E-state index contributed by atoms with van der Waals surface area (Å²) in [5, 5.41) is -0.365. The van der Waals surface area contributed by atoms with Crippen LogP contribution < -0.4 is 0 Å². The van der Waals surface area contributed by atoms with Crippen LogP contribution in [0.5, 0.6) is 0 Å². The van der Waals surface area contributed by atoms with Crippen molar-refractivity contribution in [2.24, 2.45) is 0 Å². The lowest BCUT2D eigenvalue weighted by Crippen LogP contribution is -2.21. The molecule has 1 aromatic carbocycles. The summed E-state index contributed by atoms with van der Waals surface area (Å²) in [6.07, 6.45) is 0. The van der Waals surface area contributed by atoms with Crippen molar-refractivity contribution < 1.29 is 25.6 Å². The number of benzene rings is 1. The second-order valence-corrected chi connectivity index (χ2v) is 8.74. The topological polar surface area (TPSA) is 84.7 Å². The van der Waals surface area contributed by atoms with Crippen molar-refractivity contribution in [3.05, 3.63) is 48.0 Å². The fourth-order valence-electron chi connectivity index (χ4n) is 1.72. The Morgan fingerprint density at radius 2 is 1.68 bits per heavy atom. The number of sulfone groups is 1. The van der Waals surface area contributed by atoms with Crippen molar-refractivity contribution in [2.75, 3.05) is 14.1 Å². The lowest BCUT2D eigenvalue weighted by molar-refractivity contribution is 0.406. The van der Waals surface area contributed by atoms with Gasteiger partial charge in [-0.2, -0.15) is 0 Å². The highest BCUT2D eigenvalue weighted by atomic mass is 32.2. The Balaban J connectivity index is 2.33. The minimum Gasteiger partial charge on any atom is -0.447 e. The number of sulfonamides is 1. The van der Waals surface area contributed by atoms with Gasteiger partial charge in [0, 0.05) is 14.1 Å². The fraction of sp³-hybridized carbons (Fsp3) is 0.231. The molecular formula is C13H14FNO5S2. The van der Waals surface area contributed by atoms with Gasteiger partial charge in [-0.1, -0.05) is 12.1 Å². The van der Waals surface area contributed by atoms with E-state index in [1.54, 1.807) is 0 Å². The standard InChI is InChI=1S/C13H14FNO5S2/c1-15(2)22(18,19)13-8-7-10(20-13)9-21(16,17)12-6-4-3-5-11(12)14/h3-8H,9H2,1-2H3. The van der Waals surface area contributed by atoms with Crippen LogP contribution in [0.4, 0.5) is 4.39 Å². The van der Waals surface area contributed by atoms with E-state index in [0.29, 0.717) is 0 Å². The second-order valence-electron chi connectivity index (χ2n) is 4.70. The summed E-state index contributed by atoms with van der Waals surface area (Å²) in [5.41, 5.74) is 0. The summed E-state index contributed by atoms with van der Waals surface area (Å²) in [6, 6.07) is 7.38. The van der Waals surface area contributed by atoms with Gasteiger partial charge in [0.1, 0.15) is 22.2 Å². The molecule has 1 heterocycles. The van der Waals surface area contributed by atoms with Crippen molar-refractivity contribution in [3.63, 3.8) is 0 Å². The summed E-state index contributed by atoms with van der Waals surface area (Å²) in [4.78, 5) is -0.455. The summed E-state index contributed by atoms with van der Waals surface area (Å²) >= 11 is 0. The maximum Gasteiger partial charge on any atom is 0.275 e. The number of rotatable bonds is 5. The first kappa shape index (κ1) is 16.7. The van der Waals surface area contributed by atoms with Crippen LogP contribution in [-0.4, -0.2) is 35.2 Å². The largest absolute Gasteiger partial charge is 0.447 e. The number of nitrogens with zero attached hydrogens (tertiary/aromatic N) is 1. The molecule has 0 unspecified atom stereocenters. The molecule has 0 N–H and O–H groups in total. The Bertz CT molecular complexity index is 885. The monoisotopic (exact) mass is 347 g/mol. The minimum absolute atomic E-state index is 0.0799. The highest BCUT2D eigenvalue weighted by molar-refractivity contribution is 7.90. The molecule has 0 aliphatic heterocycles. The van der Waals surface area contributed by atoms with Crippen LogP contribution in [0.25, 0.3) is 0 Å². The number of halogens is 1. The van der Waals surface area contributed by atoms with Crippen molar-refractivity contribution in [2.45, 2.75) is 15.7 Å². The lowest BCUT2D eigenvalue weighted by atomic mass is 10.3. The van der Waals surface area contributed by atoms with Gasteiger partial charge < -0.3 is 4.42 Å². The van der Waals surface area contributed by atoms with E-state index < -0.39 is 36.3 Å². The van der Waals surface area contributed by atoms with E-state index >= 15 is 0 Å². The first-order valence-corrected chi connectivity index (χ1v) is 9.22. The molecule has 0 saturated heterocycles. The van der Waals surface area contributed by atoms with Gasteiger partial charge in [0.15, 0.2) is 9.84 Å². The Morgan fingerprint density at radius 1 is 1.05 bits per heavy atom. The first-order valence-electron chi connectivity index (χ1n) is 6.13. The Kier molecular flexibility index (Phi) is 4.41. The van der Waals surface area contributed by atoms with E-state index in [-0.39, 0.29) is 10.9 Å². The van der Waals surface area contributed by atoms with Gasteiger partial charge in [-0.3, -0.25) is 0 Å². The predicted octanol–water partition coefficient (Wildman–Crippen LogP) is 1.64. The molecule has 0 atom stereocenters. The average molecular weight is 347 g/mol. The van der Waals surface area contributed by atoms with E-state index in [1.165, 1.54) is 38.4 Å². The second kappa shape index (κ2) is 5.82. The smallest absolute Gasteiger partial charge is 0.275 e. The molecular weight excluding hydrogens is 333 g/mol. The number of hydrogen-bond acceptors (Lipinski definition) is 5. The van der Waals surface area contributed by atoms with Gasteiger partial charge >= 0.3 is 0 Å². The number of furan rings is 1. The zero-order chi connectivity index (χ0) is 16.5. The van der Waals surface area contributed by atoms with E-state index in [1.807, 2.05) is 0 Å². The molecule has 2 rings (SSSR count). The van der Waals surface area contributed by atoms with Crippen LogP contribution in [-0.2, 0) is 25.6 Å². The van der Waals surface area contributed by atoms with Crippen molar-refractivity contribution in [1.29, 1.82) is 0 Å². The van der Waals surface area contributed by atoms with Gasteiger partial charge in [-0.05, 0) is 24.3 Å². The lowest BCUT2D eigenvalue weighted by Gasteiger charge is -2.08. The predicted molar refractivity (Wildman–Crippen MR) is 76.9 cm³/mol. The summed E-state index contributed by atoms with van der Waals surface area (Å²) in [6.45, 7) is 0. The van der Waals surface area contributed by atoms with Crippen molar-refractivity contribution in [1.82, 2.24) is 4.31 Å². The molecule has 0 bridgehead atoms. The maximum absolute atomic E-state index is 13.6. The molecule has 1 aromatic heterocycles. The third kappa shape index (κ3) is 3.21. The quantitative estimate of drug-likeness (QED) is 0.821. The molecule has 0 spiro atoms. The van der Waals surface area contributed by atoms with Gasteiger partial charge in [-0.15, -0.1) is 0 Å². The zero-order valence-electron chi connectivity index (χ0n) is 11.9. The van der Waals surface area contributed by atoms with Crippen LogP contribution in [0.1, 0.15) is 5.76 Å². The molecule has 120 valence electrons. The van der Waals surface area contributed by atoms with Gasteiger partial charge in [0.05, 0.1) is 0 Å². The third-order valence-electron chi connectivity index (χ3n) is 2.88. The maximum atomic E-state index is 13.6. The molecule has 0 radical (unpaired) electrons. The van der Waals surface area contributed by atoms with E-state index in [0.717, 1.165) is 16.4 Å². The van der Waals surface area contributed by atoms with Crippen molar-refractivity contribution in [3.8, 4) is 0 Å². The first-order chi connectivity index (χ1) is 10.1. The molecule has 0 aliphatic rings. The van der Waals surface area contributed by atoms with Gasteiger partial charge in [0.2, 0.25) is 5.09 Å². The molecule has 22 heavy (non-hydrogen) atoms. The van der Waals surface area contributed by atoms with Gasteiger partial charge in [0.25, 0.3) is 10.0 Å². The van der Waals surface area contributed by atoms with Crippen LogP contribution in [0.15, 0.2) is 50.8 Å². The Morgan fingerprint density at radius 3 is 2.27 bits per heavy atom. The van der Waals surface area contributed by atoms with E-state index in [9.17, 15) is 21.2 Å². The number of hydrogen-bond donors (Lipinski definition) is 0. The molecule has 2 aromatic rings. The SMILES string of the molecule is CN(C)S(=O)(=O)c1ccc(CS(=O)(=O)c2ccccc2F)o1. The van der Waals surface area contributed by atoms with Crippen LogP contribution >= 0.6 is 0 Å². The van der Waals surface area contributed by atoms with E-state index in [4.69, 9.17) is 4.42 Å². The van der Waals surface area contributed by atoms with Gasteiger partial charge in [-0.25, -0.2) is 25.5 Å². The molecule has 6 nitrogen and oxygen atoms in total. The minimum atomic E-state index is -3.97. The molecule has 9 heteroatoms. The normalized spacial score (nSPS) is 12.7. The third-order valence-corrected chi connectivity index (χ3v) is 6.23. The molecule has 0 aliphatic carbocycles. The molecule has 0 saturated carbocycles. The highest BCUT2D eigenvalue weighted by Gasteiger charge is 2.25. The summed E-state index contributed by atoms with van der Waals surface area (Å²) < 4.78 is 67.6. The van der Waals surface area contributed by atoms with Crippen LogP contribution in [0, 0.1) is 5.82 Å². The fourth-order valence-corrected chi connectivity index (χ4v) is 3.86. The summed E-state index contributed by atoms with van der Waals surface area (Å²) in [7, 11) is -5.11.